The number of hydrogen-bond acceptors (Lipinski definition) is 5. The number of guanidine groups is 1. The molecular formula is C19H23N5O3. The van der Waals surface area contributed by atoms with Crippen molar-refractivity contribution >= 4 is 17.8 Å². The molecule has 0 radical (unpaired) electrons. The minimum Gasteiger partial charge on any atom is -0.445 e. The highest BCUT2D eigenvalue weighted by atomic mass is 16.5. The number of benzene rings is 1. The molecule has 0 fully saturated rings. The Balaban J connectivity index is 1.96. The number of ether oxygens (including phenoxy) is 1. The number of ketones is 1. The minimum absolute atomic E-state index is 0.0159. The second-order valence-corrected chi connectivity index (χ2v) is 5.79. The van der Waals surface area contributed by atoms with Gasteiger partial charge in [0, 0.05) is 12.7 Å². The number of carbonyl (C=O) groups excluding carboxylic acids is 2. The Bertz CT molecular complexity index is 761. The highest BCUT2D eigenvalue weighted by Crippen LogP contribution is 2.08. The van der Waals surface area contributed by atoms with E-state index in [0.29, 0.717) is 19.4 Å². The lowest BCUT2D eigenvalue weighted by Crippen LogP contribution is -2.41. The summed E-state index contributed by atoms with van der Waals surface area (Å²) in [4.78, 5) is 32.7. The Kier molecular flexibility index (Phi) is 7.77. The average Bonchev–Trinajstić information content (AvgIpc) is 2.69. The summed E-state index contributed by atoms with van der Waals surface area (Å²) in [5, 5.41) is 2.61. The molecule has 1 amide bonds. The summed E-state index contributed by atoms with van der Waals surface area (Å²) in [6.45, 7) is 0.472. The minimum atomic E-state index is -0.780. The third-order valence-corrected chi connectivity index (χ3v) is 3.68. The zero-order chi connectivity index (χ0) is 19.5. The molecule has 1 aromatic carbocycles. The molecule has 27 heavy (non-hydrogen) atoms. The largest absolute Gasteiger partial charge is 0.445 e. The molecule has 1 heterocycles. The van der Waals surface area contributed by atoms with Crippen LogP contribution in [-0.4, -0.2) is 35.4 Å². The van der Waals surface area contributed by atoms with E-state index in [-0.39, 0.29) is 24.0 Å². The molecule has 8 nitrogen and oxygen atoms in total. The lowest BCUT2D eigenvalue weighted by molar-refractivity contribution is 0.0905. The van der Waals surface area contributed by atoms with Gasteiger partial charge >= 0.3 is 6.09 Å². The van der Waals surface area contributed by atoms with Crippen molar-refractivity contribution in [2.45, 2.75) is 25.5 Å². The van der Waals surface area contributed by atoms with Crippen LogP contribution in [0.5, 0.6) is 0 Å². The van der Waals surface area contributed by atoms with E-state index >= 15 is 0 Å². The Morgan fingerprint density at radius 1 is 1.11 bits per heavy atom. The molecule has 2 aromatic rings. The van der Waals surface area contributed by atoms with Crippen molar-refractivity contribution in [1.29, 1.82) is 0 Å². The van der Waals surface area contributed by atoms with Crippen LogP contribution in [-0.2, 0) is 11.3 Å². The summed E-state index contributed by atoms with van der Waals surface area (Å²) in [5.74, 6) is -0.310. The van der Waals surface area contributed by atoms with Gasteiger partial charge in [-0.05, 0) is 30.5 Å². The number of carbonyl (C=O) groups is 2. The van der Waals surface area contributed by atoms with Gasteiger partial charge in [-0.2, -0.15) is 0 Å². The van der Waals surface area contributed by atoms with E-state index in [1.165, 1.54) is 6.20 Å². The van der Waals surface area contributed by atoms with Gasteiger partial charge in [0.15, 0.2) is 5.96 Å². The second-order valence-electron chi connectivity index (χ2n) is 5.79. The number of Topliss-reactive ketones (excluding diaryl/α,β-unsaturated/α-hetero) is 1. The summed E-state index contributed by atoms with van der Waals surface area (Å²) < 4.78 is 5.20. The summed E-state index contributed by atoms with van der Waals surface area (Å²) in [6, 6.07) is 13.5. The van der Waals surface area contributed by atoms with Crippen molar-refractivity contribution in [3.05, 3.63) is 66.0 Å². The van der Waals surface area contributed by atoms with Crippen LogP contribution in [0.15, 0.2) is 59.7 Å². The second kappa shape index (κ2) is 10.5. The number of nitrogens with two attached hydrogens (primary N) is 2. The molecule has 8 heteroatoms. The molecule has 1 atom stereocenters. The van der Waals surface area contributed by atoms with Crippen molar-refractivity contribution in [3.8, 4) is 0 Å². The van der Waals surface area contributed by atoms with Crippen molar-refractivity contribution in [3.63, 3.8) is 0 Å². The summed E-state index contributed by atoms with van der Waals surface area (Å²) >= 11 is 0. The summed E-state index contributed by atoms with van der Waals surface area (Å²) in [7, 11) is 0. The zero-order valence-corrected chi connectivity index (χ0v) is 14.9. The maximum atomic E-state index is 12.7. The fourth-order valence-electron chi connectivity index (χ4n) is 2.37. The zero-order valence-electron chi connectivity index (χ0n) is 14.9. The first kappa shape index (κ1) is 19.9. The molecule has 0 bridgehead atoms. The number of aromatic nitrogens is 1. The van der Waals surface area contributed by atoms with Crippen molar-refractivity contribution in [2.75, 3.05) is 6.54 Å². The predicted molar refractivity (Wildman–Crippen MR) is 102 cm³/mol. The van der Waals surface area contributed by atoms with Gasteiger partial charge in [-0.1, -0.05) is 36.4 Å². The smallest absolute Gasteiger partial charge is 0.408 e. The van der Waals surface area contributed by atoms with Gasteiger partial charge in [-0.3, -0.25) is 14.8 Å². The van der Waals surface area contributed by atoms with E-state index in [1.807, 2.05) is 30.3 Å². The van der Waals surface area contributed by atoms with Crippen molar-refractivity contribution in [1.82, 2.24) is 10.3 Å². The van der Waals surface area contributed by atoms with Gasteiger partial charge in [0.05, 0.1) is 6.04 Å². The number of nitrogens with zero attached hydrogens (tertiary/aromatic N) is 2. The first-order chi connectivity index (χ1) is 13.1. The maximum Gasteiger partial charge on any atom is 0.408 e. The Labute approximate surface area is 157 Å². The monoisotopic (exact) mass is 369 g/mol. The Morgan fingerprint density at radius 3 is 2.52 bits per heavy atom. The van der Waals surface area contributed by atoms with Gasteiger partial charge in [0.1, 0.15) is 12.3 Å². The van der Waals surface area contributed by atoms with Crippen LogP contribution < -0.4 is 16.8 Å². The lowest BCUT2D eigenvalue weighted by Gasteiger charge is -2.17. The fourth-order valence-corrected chi connectivity index (χ4v) is 2.37. The Hall–Kier alpha value is -3.42. The number of amides is 1. The summed E-state index contributed by atoms with van der Waals surface area (Å²) in [6.07, 6.45) is 1.72. The molecule has 0 aliphatic carbocycles. The number of aliphatic imine (C=N–C) groups is 1. The summed E-state index contributed by atoms with van der Waals surface area (Å²) in [5.41, 5.74) is 11.7. The molecule has 0 saturated carbocycles. The van der Waals surface area contributed by atoms with Crippen LogP contribution in [0.1, 0.15) is 28.9 Å². The SMILES string of the molecule is NC(N)=NCCC[C@H](NC(=O)OCc1ccccc1)C(=O)c1ccccn1. The van der Waals surface area contributed by atoms with E-state index in [1.54, 1.807) is 18.2 Å². The van der Waals surface area contributed by atoms with Crippen LogP contribution in [0.2, 0.25) is 0 Å². The van der Waals surface area contributed by atoms with E-state index < -0.39 is 12.1 Å². The molecular weight excluding hydrogens is 346 g/mol. The van der Waals surface area contributed by atoms with E-state index in [4.69, 9.17) is 16.2 Å². The first-order valence-corrected chi connectivity index (χ1v) is 8.54. The normalized spacial score (nSPS) is 11.3. The van der Waals surface area contributed by atoms with Crippen molar-refractivity contribution < 1.29 is 14.3 Å². The number of pyridine rings is 1. The molecule has 142 valence electrons. The van der Waals surface area contributed by atoms with E-state index in [0.717, 1.165) is 5.56 Å². The van der Waals surface area contributed by atoms with Gasteiger partial charge in [-0.15, -0.1) is 0 Å². The number of hydrogen-bond donors (Lipinski definition) is 3. The van der Waals surface area contributed by atoms with Gasteiger partial charge in [-0.25, -0.2) is 4.79 Å². The average molecular weight is 369 g/mol. The first-order valence-electron chi connectivity index (χ1n) is 8.54. The molecule has 2 rings (SSSR count). The number of rotatable bonds is 9. The lowest BCUT2D eigenvalue weighted by atomic mass is 10.0. The quantitative estimate of drug-likeness (QED) is 0.266. The highest BCUT2D eigenvalue weighted by molar-refractivity contribution is 5.99. The van der Waals surface area contributed by atoms with E-state index in [2.05, 4.69) is 15.3 Å². The van der Waals surface area contributed by atoms with Crippen LogP contribution in [0.4, 0.5) is 4.79 Å². The Morgan fingerprint density at radius 2 is 1.85 bits per heavy atom. The molecule has 1 aromatic heterocycles. The molecule has 0 spiro atoms. The molecule has 0 unspecified atom stereocenters. The van der Waals surface area contributed by atoms with Gasteiger partial charge in [0.25, 0.3) is 0 Å². The van der Waals surface area contributed by atoms with Gasteiger partial charge < -0.3 is 21.5 Å². The van der Waals surface area contributed by atoms with Crippen molar-refractivity contribution in [2.24, 2.45) is 16.5 Å². The van der Waals surface area contributed by atoms with Crippen LogP contribution >= 0.6 is 0 Å². The van der Waals surface area contributed by atoms with Crippen LogP contribution in [0.25, 0.3) is 0 Å². The highest BCUT2D eigenvalue weighted by Gasteiger charge is 2.23. The topological polar surface area (TPSA) is 133 Å². The standard InChI is InChI=1S/C19H23N5O3/c20-18(21)23-12-6-10-16(17(25)15-9-4-5-11-22-15)24-19(26)27-13-14-7-2-1-3-8-14/h1-5,7-9,11,16H,6,10,12-13H2,(H,24,26)(H4,20,21,23)/t16-/m0/s1. The molecule has 0 aliphatic heterocycles. The van der Waals surface area contributed by atoms with Crippen LogP contribution in [0.3, 0.4) is 0 Å². The number of nitrogens with one attached hydrogen (secondary N) is 1. The van der Waals surface area contributed by atoms with Crippen LogP contribution in [0, 0.1) is 0 Å². The maximum absolute atomic E-state index is 12.7. The third kappa shape index (κ3) is 7.15. The fraction of sp³-hybridized carbons (Fsp3) is 0.263. The number of alkyl carbamates (subject to hydrolysis) is 1. The molecule has 0 saturated heterocycles. The third-order valence-electron chi connectivity index (χ3n) is 3.68. The van der Waals surface area contributed by atoms with E-state index in [9.17, 15) is 9.59 Å². The van der Waals surface area contributed by atoms with Gasteiger partial charge in [0.2, 0.25) is 5.78 Å². The molecule has 0 aliphatic rings. The predicted octanol–water partition coefficient (Wildman–Crippen LogP) is 1.61. The molecule has 5 N–H and O–H groups in total.